The first kappa shape index (κ1) is 21.6. The zero-order valence-electron chi connectivity index (χ0n) is 18.0. The lowest BCUT2D eigenvalue weighted by atomic mass is 10.3. The van der Waals surface area contributed by atoms with Gasteiger partial charge in [0.15, 0.2) is 22.7 Å². The van der Waals surface area contributed by atoms with Crippen molar-refractivity contribution >= 4 is 11.2 Å². The van der Waals surface area contributed by atoms with Crippen molar-refractivity contribution in [3.05, 3.63) is 50.9 Å². The molecule has 0 unspecified atom stereocenters. The highest BCUT2D eigenvalue weighted by molar-refractivity contribution is 5.70. The van der Waals surface area contributed by atoms with E-state index in [9.17, 15) is 9.59 Å². The summed E-state index contributed by atoms with van der Waals surface area (Å²) in [6.45, 7) is 4.23. The second-order valence-corrected chi connectivity index (χ2v) is 7.26. The quantitative estimate of drug-likeness (QED) is 0.542. The van der Waals surface area contributed by atoms with E-state index < -0.39 is 11.2 Å². The molecular formula is C21H29N5O4. The highest BCUT2D eigenvalue weighted by atomic mass is 16.5. The number of benzene rings is 1. The fourth-order valence-corrected chi connectivity index (χ4v) is 3.33. The van der Waals surface area contributed by atoms with E-state index in [0.29, 0.717) is 54.7 Å². The number of aromatic amines is 1. The van der Waals surface area contributed by atoms with Gasteiger partial charge in [0, 0.05) is 20.1 Å². The van der Waals surface area contributed by atoms with Crippen molar-refractivity contribution in [2.45, 2.75) is 32.9 Å². The van der Waals surface area contributed by atoms with Gasteiger partial charge in [-0.15, -0.1) is 0 Å². The molecule has 0 radical (unpaired) electrons. The van der Waals surface area contributed by atoms with Gasteiger partial charge in [0.05, 0.1) is 13.7 Å². The number of aryl methyl sites for hydroxylation is 2. The Morgan fingerprint density at radius 3 is 2.63 bits per heavy atom. The Balaban J connectivity index is 1.73. The van der Waals surface area contributed by atoms with E-state index in [0.717, 1.165) is 12.8 Å². The summed E-state index contributed by atoms with van der Waals surface area (Å²) >= 11 is 0. The molecule has 0 saturated heterocycles. The third-order valence-electron chi connectivity index (χ3n) is 5.05. The van der Waals surface area contributed by atoms with Gasteiger partial charge in [-0.3, -0.25) is 19.2 Å². The van der Waals surface area contributed by atoms with Crippen LogP contribution in [-0.2, 0) is 20.1 Å². The fraction of sp³-hybridized carbons (Fsp3) is 0.476. The van der Waals surface area contributed by atoms with Crippen LogP contribution < -0.4 is 20.7 Å². The Hall–Kier alpha value is -3.07. The number of hydrogen-bond acceptors (Lipinski definition) is 6. The largest absolute Gasteiger partial charge is 0.493 e. The van der Waals surface area contributed by atoms with Gasteiger partial charge in [-0.05, 0) is 25.6 Å². The van der Waals surface area contributed by atoms with Crippen LogP contribution in [0.5, 0.6) is 11.5 Å². The van der Waals surface area contributed by atoms with Crippen LogP contribution in [0.2, 0.25) is 0 Å². The molecule has 0 spiro atoms. The second kappa shape index (κ2) is 9.62. The first-order valence-electron chi connectivity index (χ1n) is 10.1. The number of likely N-dealkylation sites (N-methyl/N-ethyl adjacent to an activating group) is 1. The molecule has 0 saturated carbocycles. The van der Waals surface area contributed by atoms with Gasteiger partial charge in [0.25, 0.3) is 5.56 Å². The highest BCUT2D eigenvalue weighted by Gasteiger charge is 2.17. The monoisotopic (exact) mass is 415 g/mol. The molecule has 0 bridgehead atoms. The molecule has 0 atom stereocenters. The van der Waals surface area contributed by atoms with Crippen LogP contribution in [0.15, 0.2) is 33.9 Å². The summed E-state index contributed by atoms with van der Waals surface area (Å²) in [4.78, 5) is 33.7. The Kier molecular flexibility index (Phi) is 6.94. The minimum absolute atomic E-state index is 0.411. The Bertz CT molecular complexity index is 1110. The summed E-state index contributed by atoms with van der Waals surface area (Å²) in [5.41, 5.74) is 0.0306. The zero-order chi connectivity index (χ0) is 21.7. The van der Waals surface area contributed by atoms with Gasteiger partial charge in [-0.25, -0.2) is 9.78 Å². The third-order valence-corrected chi connectivity index (χ3v) is 5.05. The van der Waals surface area contributed by atoms with Crippen molar-refractivity contribution in [3.63, 3.8) is 0 Å². The zero-order valence-corrected chi connectivity index (χ0v) is 18.0. The maximum absolute atomic E-state index is 12.4. The molecule has 2 heterocycles. The normalized spacial score (nSPS) is 11.4. The minimum atomic E-state index is -0.413. The second-order valence-electron chi connectivity index (χ2n) is 7.26. The number of H-pyrrole nitrogens is 1. The summed E-state index contributed by atoms with van der Waals surface area (Å²) in [7, 11) is 5.37. The number of nitrogens with one attached hydrogen (secondary N) is 1. The van der Waals surface area contributed by atoms with Crippen LogP contribution >= 0.6 is 0 Å². The molecule has 0 aliphatic heterocycles. The number of ether oxygens (including phenoxy) is 2. The smallest absolute Gasteiger partial charge is 0.330 e. The molecule has 1 aromatic carbocycles. The first-order chi connectivity index (χ1) is 14.5. The van der Waals surface area contributed by atoms with E-state index >= 15 is 0 Å². The van der Waals surface area contributed by atoms with Crippen molar-refractivity contribution in [1.82, 2.24) is 24.0 Å². The molecule has 0 fully saturated rings. The molecule has 0 aliphatic carbocycles. The van der Waals surface area contributed by atoms with Crippen LogP contribution in [0.1, 0.15) is 25.6 Å². The van der Waals surface area contributed by atoms with E-state index in [1.54, 1.807) is 23.3 Å². The van der Waals surface area contributed by atoms with E-state index in [1.165, 1.54) is 0 Å². The first-order valence-corrected chi connectivity index (χ1v) is 10.1. The van der Waals surface area contributed by atoms with Crippen molar-refractivity contribution in [1.29, 1.82) is 0 Å². The number of rotatable bonds is 10. The Labute approximate surface area is 174 Å². The number of unbranched alkanes of at least 4 members (excludes halogenated alkanes) is 1. The fourth-order valence-electron chi connectivity index (χ4n) is 3.33. The number of hydrogen-bond donors (Lipinski definition) is 1. The van der Waals surface area contributed by atoms with Crippen molar-refractivity contribution in [2.75, 3.05) is 27.3 Å². The third kappa shape index (κ3) is 4.56. The number of para-hydroxylation sites is 2. The van der Waals surface area contributed by atoms with Gasteiger partial charge in [-0.2, -0.15) is 0 Å². The summed E-state index contributed by atoms with van der Waals surface area (Å²) < 4.78 is 14.4. The number of imidazole rings is 1. The van der Waals surface area contributed by atoms with Crippen LogP contribution in [0, 0.1) is 0 Å². The molecule has 3 rings (SSSR count). The topological polar surface area (TPSA) is 94.4 Å². The van der Waals surface area contributed by atoms with Gasteiger partial charge in [-0.1, -0.05) is 25.5 Å². The molecule has 3 aromatic rings. The van der Waals surface area contributed by atoms with Crippen LogP contribution in [0.4, 0.5) is 0 Å². The molecule has 9 heteroatoms. The number of aromatic nitrogens is 4. The SMILES string of the molecule is CCCCn1c(=O)[nH]c(=O)c2c1nc(CN(C)CCOc1ccccc1OC)n2C. The predicted molar refractivity (Wildman–Crippen MR) is 115 cm³/mol. The van der Waals surface area contributed by atoms with Crippen molar-refractivity contribution in [3.8, 4) is 11.5 Å². The van der Waals surface area contributed by atoms with Crippen LogP contribution in [0.25, 0.3) is 11.2 Å². The standard InChI is InChI=1S/C21H29N5O4/c1-5-6-11-26-19-18(20(27)23-21(26)28)25(3)17(22-19)14-24(2)12-13-30-16-10-8-7-9-15(16)29-4/h7-10H,5-6,11-14H2,1-4H3,(H,23,27,28). The minimum Gasteiger partial charge on any atom is -0.493 e. The predicted octanol–water partition coefficient (Wildman–Crippen LogP) is 1.74. The maximum Gasteiger partial charge on any atom is 0.330 e. The molecular weight excluding hydrogens is 386 g/mol. The summed E-state index contributed by atoms with van der Waals surface area (Å²) in [6.07, 6.45) is 1.79. The van der Waals surface area contributed by atoms with Gasteiger partial charge in [0.1, 0.15) is 12.4 Å². The summed E-state index contributed by atoms with van der Waals surface area (Å²) in [5, 5.41) is 0. The molecule has 2 aromatic heterocycles. The average molecular weight is 415 g/mol. The molecule has 30 heavy (non-hydrogen) atoms. The molecule has 1 N–H and O–H groups in total. The number of nitrogens with zero attached hydrogens (tertiary/aromatic N) is 4. The van der Waals surface area contributed by atoms with Gasteiger partial charge in [0.2, 0.25) is 0 Å². The lowest BCUT2D eigenvalue weighted by molar-refractivity contribution is 0.222. The van der Waals surface area contributed by atoms with E-state index in [4.69, 9.17) is 9.47 Å². The number of methoxy groups -OCH3 is 1. The molecule has 9 nitrogen and oxygen atoms in total. The van der Waals surface area contributed by atoms with Crippen LogP contribution in [0.3, 0.4) is 0 Å². The lowest BCUT2D eigenvalue weighted by Gasteiger charge is -2.17. The maximum atomic E-state index is 12.4. The van der Waals surface area contributed by atoms with Crippen molar-refractivity contribution in [2.24, 2.45) is 7.05 Å². The average Bonchev–Trinajstić information content (AvgIpc) is 3.04. The van der Waals surface area contributed by atoms with Gasteiger partial charge < -0.3 is 14.0 Å². The lowest BCUT2D eigenvalue weighted by Crippen LogP contribution is -2.31. The highest BCUT2D eigenvalue weighted by Crippen LogP contribution is 2.25. The van der Waals surface area contributed by atoms with E-state index in [2.05, 4.69) is 21.8 Å². The molecule has 162 valence electrons. The van der Waals surface area contributed by atoms with Crippen molar-refractivity contribution < 1.29 is 9.47 Å². The number of fused-ring (bicyclic) bond motifs is 1. The summed E-state index contributed by atoms with van der Waals surface area (Å²) in [6, 6.07) is 7.52. The van der Waals surface area contributed by atoms with Gasteiger partial charge >= 0.3 is 5.69 Å². The van der Waals surface area contributed by atoms with Crippen LogP contribution in [-0.4, -0.2) is 51.3 Å². The van der Waals surface area contributed by atoms with E-state index in [1.807, 2.05) is 31.3 Å². The van der Waals surface area contributed by atoms with E-state index in [-0.39, 0.29) is 0 Å². The Morgan fingerprint density at radius 1 is 1.20 bits per heavy atom. The Morgan fingerprint density at radius 2 is 1.93 bits per heavy atom. The molecule has 0 amide bonds. The molecule has 0 aliphatic rings. The summed E-state index contributed by atoms with van der Waals surface area (Å²) in [5.74, 6) is 2.11.